The van der Waals surface area contributed by atoms with E-state index in [9.17, 15) is 9.90 Å². The van der Waals surface area contributed by atoms with E-state index in [1.54, 1.807) is 0 Å². The van der Waals surface area contributed by atoms with Crippen LogP contribution < -0.4 is 11.1 Å². The fourth-order valence-corrected chi connectivity index (χ4v) is 2.03. The van der Waals surface area contributed by atoms with Crippen molar-refractivity contribution in [3.8, 4) is 0 Å². The van der Waals surface area contributed by atoms with Crippen molar-refractivity contribution in [2.75, 3.05) is 26.4 Å². The lowest BCUT2D eigenvalue weighted by molar-refractivity contribution is -0.125. The van der Waals surface area contributed by atoms with Gasteiger partial charge in [0.05, 0.1) is 25.7 Å². The molecule has 1 aliphatic rings. The van der Waals surface area contributed by atoms with Crippen LogP contribution in [0.25, 0.3) is 0 Å². The van der Waals surface area contributed by atoms with Crippen LogP contribution in [0, 0.1) is 11.3 Å². The van der Waals surface area contributed by atoms with Crippen LogP contribution in [0.2, 0.25) is 0 Å². The van der Waals surface area contributed by atoms with Gasteiger partial charge in [-0.2, -0.15) is 0 Å². The van der Waals surface area contributed by atoms with Crippen LogP contribution in [-0.4, -0.2) is 43.4 Å². The van der Waals surface area contributed by atoms with Gasteiger partial charge >= 0.3 is 0 Å². The van der Waals surface area contributed by atoms with E-state index in [-0.39, 0.29) is 29.9 Å². The lowest BCUT2D eigenvalue weighted by Crippen LogP contribution is -2.45. The van der Waals surface area contributed by atoms with E-state index in [4.69, 9.17) is 10.5 Å². The Bertz CT molecular complexity index is 246. The Labute approximate surface area is 103 Å². The monoisotopic (exact) mass is 244 g/mol. The standard InChI is InChI=1S/C12H24N2O3/c1-3-12(4-2,8-15)7-14-11(16)9-5-17-6-10(9)13/h9-10,15H,3-8,13H2,1-2H3,(H,14,16). The van der Waals surface area contributed by atoms with Gasteiger partial charge in [-0.25, -0.2) is 0 Å². The van der Waals surface area contributed by atoms with Crippen molar-refractivity contribution in [3.05, 3.63) is 0 Å². The third-order valence-corrected chi connectivity index (χ3v) is 3.93. The van der Waals surface area contributed by atoms with Crippen molar-refractivity contribution in [1.82, 2.24) is 5.32 Å². The van der Waals surface area contributed by atoms with Gasteiger partial charge < -0.3 is 20.9 Å². The smallest absolute Gasteiger partial charge is 0.227 e. The van der Waals surface area contributed by atoms with Gasteiger partial charge in [-0.05, 0) is 12.8 Å². The normalized spacial score (nSPS) is 24.9. The van der Waals surface area contributed by atoms with Crippen LogP contribution in [0.1, 0.15) is 26.7 Å². The lowest BCUT2D eigenvalue weighted by atomic mass is 9.83. The number of hydrogen-bond acceptors (Lipinski definition) is 4. The summed E-state index contributed by atoms with van der Waals surface area (Å²) in [4.78, 5) is 11.9. The zero-order chi connectivity index (χ0) is 12.9. The van der Waals surface area contributed by atoms with Crippen molar-refractivity contribution in [2.45, 2.75) is 32.7 Å². The summed E-state index contributed by atoms with van der Waals surface area (Å²) < 4.78 is 5.17. The van der Waals surface area contributed by atoms with E-state index < -0.39 is 0 Å². The fourth-order valence-electron chi connectivity index (χ4n) is 2.03. The maximum Gasteiger partial charge on any atom is 0.227 e. The number of carbonyl (C=O) groups is 1. The topological polar surface area (TPSA) is 84.6 Å². The second kappa shape index (κ2) is 6.33. The third kappa shape index (κ3) is 3.40. The molecule has 5 heteroatoms. The molecule has 2 unspecified atom stereocenters. The Morgan fingerprint density at radius 2 is 2.12 bits per heavy atom. The molecule has 0 bridgehead atoms. The van der Waals surface area contributed by atoms with Crippen molar-refractivity contribution in [3.63, 3.8) is 0 Å². The average molecular weight is 244 g/mol. The molecule has 0 aromatic rings. The maximum atomic E-state index is 11.9. The van der Waals surface area contributed by atoms with Crippen molar-refractivity contribution in [1.29, 1.82) is 0 Å². The molecule has 1 heterocycles. The Morgan fingerprint density at radius 1 is 1.47 bits per heavy atom. The summed E-state index contributed by atoms with van der Waals surface area (Å²) >= 11 is 0. The number of nitrogens with two attached hydrogens (primary N) is 1. The van der Waals surface area contributed by atoms with Crippen LogP contribution in [0.5, 0.6) is 0 Å². The minimum atomic E-state index is -0.250. The minimum Gasteiger partial charge on any atom is -0.396 e. The first-order chi connectivity index (χ1) is 8.08. The fraction of sp³-hybridized carbons (Fsp3) is 0.917. The highest BCUT2D eigenvalue weighted by atomic mass is 16.5. The second-order valence-electron chi connectivity index (χ2n) is 4.89. The largest absolute Gasteiger partial charge is 0.396 e. The van der Waals surface area contributed by atoms with E-state index in [1.807, 2.05) is 13.8 Å². The van der Waals surface area contributed by atoms with Gasteiger partial charge in [-0.1, -0.05) is 13.8 Å². The first-order valence-electron chi connectivity index (χ1n) is 6.30. The van der Waals surface area contributed by atoms with Gasteiger partial charge in [0.15, 0.2) is 0 Å². The Kier molecular flexibility index (Phi) is 5.36. The first-order valence-corrected chi connectivity index (χ1v) is 6.30. The van der Waals surface area contributed by atoms with Crippen molar-refractivity contribution in [2.24, 2.45) is 17.1 Å². The molecule has 0 aromatic heterocycles. The quantitative estimate of drug-likeness (QED) is 0.608. The first kappa shape index (κ1) is 14.4. The molecule has 1 fully saturated rings. The second-order valence-corrected chi connectivity index (χ2v) is 4.89. The summed E-state index contributed by atoms with van der Waals surface area (Å²) in [6.45, 7) is 5.49. The molecule has 1 aliphatic heterocycles. The van der Waals surface area contributed by atoms with E-state index >= 15 is 0 Å². The lowest BCUT2D eigenvalue weighted by Gasteiger charge is -2.30. The van der Waals surface area contributed by atoms with Gasteiger partial charge in [0.25, 0.3) is 0 Å². The zero-order valence-corrected chi connectivity index (χ0v) is 10.7. The molecule has 1 rings (SSSR count). The Hall–Kier alpha value is -0.650. The van der Waals surface area contributed by atoms with Gasteiger partial charge in [0.1, 0.15) is 0 Å². The van der Waals surface area contributed by atoms with E-state index in [1.165, 1.54) is 0 Å². The van der Waals surface area contributed by atoms with Crippen LogP contribution >= 0.6 is 0 Å². The van der Waals surface area contributed by atoms with Crippen LogP contribution in [-0.2, 0) is 9.53 Å². The molecule has 0 saturated carbocycles. The number of amides is 1. The summed E-state index contributed by atoms with van der Waals surface area (Å²) in [7, 11) is 0. The summed E-state index contributed by atoms with van der Waals surface area (Å²) in [6.07, 6.45) is 1.68. The summed E-state index contributed by atoms with van der Waals surface area (Å²) in [5.41, 5.74) is 5.57. The molecular formula is C12H24N2O3. The van der Waals surface area contributed by atoms with Gasteiger partial charge in [0, 0.05) is 18.0 Å². The minimum absolute atomic E-state index is 0.0604. The molecule has 5 nitrogen and oxygen atoms in total. The summed E-state index contributed by atoms with van der Waals surface area (Å²) in [6, 6.07) is -0.207. The third-order valence-electron chi connectivity index (χ3n) is 3.93. The number of carbonyl (C=O) groups excluding carboxylic acids is 1. The van der Waals surface area contributed by atoms with Gasteiger partial charge in [-0.15, -0.1) is 0 Å². The Balaban J connectivity index is 2.46. The summed E-state index contributed by atoms with van der Waals surface area (Å²) in [5, 5.41) is 12.3. The zero-order valence-electron chi connectivity index (χ0n) is 10.7. The van der Waals surface area contributed by atoms with Gasteiger partial charge in [0.2, 0.25) is 5.91 Å². The highest BCUT2D eigenvalue weighted by Gasteiger charge is 2.33. The van der Waals surface area contributed by atoms with Crippen LogP contribution in [0.4, 0.5) is 0 Å². The molecule has 17 heavy (non-hydrogen) atoms. The average Bonchev–Trinajstić information content (AvgIpc) is 2.78. The molecule has 0 aromatic carbocycles. The molecule has 2 atom stereocenters. The van der Waals surface area contributed by atoms with Crippen LogP contribution in [0.15, 0.2) is 0 Å². The molecule has 1 amide bonds. The van der Waals surface area contributed by atoms with Crippen molar-refractivity contribution >= 4 is 5.91 Å². The van der Waals surface area contributed by atoms with E-state index in [2.05, 4.69) is 5.32 Å². The molecule has 0 spiro atoms. The number of rotatable bonds is 6. The van der Waals surface area contributed by atoms with Crippen LogP contribution in [0.3, 0.4) is 0 Å². The SMILES string of the molecule is CCC(CC)(CO)CNC(=O)C1COCC1N. The molecule has 100 valence electrons. The predicted molar refractivity (Wildman–Crippen MR) is 65.4 cm³/mol. The number of hydrogen-bond donors (Lipinski definition) is 3. The Morgan fingerprint density at radius 3 is 2.53 bits per heavy atom. The molecular weight excluding hydrogens is 220 g/mol. The van der Waals surface area contributed by atoms with Gasteiger partial charge in [-0.3, -0.25) is 4.79 Å². The highest BCUT2D eigenvalue weighted by Crippen LogP contribution is 2.24. The maximum absolute atomic E-state index is 11.9. The van der Waals surface area contributed by atoms with E-state index in [0.717, 1.165) is 12.8 Å². The number of aliphatic hydroxyl groups is 1. The molecule has 0 radical (unpaired) electrons. The van der Waals surface area contributed by atoms with E-state index in [0.29, 0.717) is 19.8 Å². The predicted octanol–water partition coefficient (Wildman–Crippen LogP) is -0.125. The molecule has 1 saturated heterocycles. The molecule has 0 aliphatic carbocycles. The highest BCUT2D eigenvalue weighted by molar-refractivity contribution is 5.79. The molecule has 4 N–H and O–H groups in total. The number of aliphatic hydroxyl groups excluding tert-OH is 1. The van der Waals surface area contributed by atoms with Crippen molar-refractivity contribution < 1.29 is 14.6 Å². The summed E-state index contributed by atoms with van der Waals surface area (Å²) in [5.74, 6) is -0.310. The number of ether oxygens (including phenoxy) is 1. The number of nitrogens with one attached hydrogen (secondary N) is 1.